The molecule has 0 fully saturated rings. The molecule has 0 aromatic heterocycles. The van der Waals surface area contributed by atoms with E-state index in [9.17, 15) is 0 Å². The topological polar surface area (TPSA) is 3.24 Å². The molecule has 0 radical (unpaired) electrons. The second-order valence-electron chi connectivity index (χ2n) is 2.84. The van der Waals surface area contributed by atoms with Crippen molar-refractivity contribution < 1.29 is 0 Å². The average Bonchev–Trinajstić information content (AvgIpc) is 1.67. The summed E-state index contributed by atoms with van der Waals surface area (Å²) in [6.07, 6.45) is 0. The van der Waals surface area contributed by atoms with Gasteiger partial charge >= 0.3 is 0 Å². The summed E-state index contributed by atoms with van der Waals surface area (Å²) in [4.78, 5) is 0. The molecule has 0 aliphatic carbocycles. The van der Waals surface area contributed by atoms with Crippen LogP contribution < -0.4 is 0 Å². The van der Waals surface area contributed by atoms with Gasteiger partial charge in [-0.2, -0.15) is 0 Å². The van der Waals surface area contributed by atoms with Crippen LogP contribution in [-0.2, 0) is 0 Å². The lowest BCUT2D eigenvalue weighted by Crippen LogP contribution is -2.45. The van der Waals surface area contributed by atoms with Crippen LogP contribution in [0.15, 0.2) is 0 Å². The molecule has 8 heavy (non-hydrogen) atoms. The molecule has 0 spiro atoms. The highest BCUT2D eigenvalue weighted by Crippen LogP contribution is 2.05. The molecule has 50 valence electrons. The number of hydrogen-bond donors (Lipinski definition) is 0. The van der Waals surface area contributed by atoms with Gasteiger partial charge in [-0.25, -0.2) is 0 Å². The van der Waals surface area contributed by atoms with Crippen molar-refractivity contribution in [3.63, 3.8) is 0 Å². The lowest BCUT2D eigenvalue weighted by atomic mass is 11.3. The summed E-state index contributed by atoms with van der Waals surface area (Å²) < 4.78 is 2.25. The first-order valence-corrected chi connectivity index (χ1v) is 6.43. The van der Waals surface area contributed by atoms with Gasteiger partial charge in [0.25, 0.3) is 0 Å². The molecule has 0 aromatic rings. The summed E-state index contributed by atoms with van der Waals surface area (Å²) >= 11 is 5.71. The number of halogens is 1. The number of alkyl halides is 1. The van der Waals surface area contributed by atoms with Gasteiger partial charge in [0.15, 0.2) is 0 Å². The Morgan fingerprint density at radius 2 is 1.75 bits per heavy atom. The van der Waals surface area contributed by atoms with Crippen LogP contribution in [0.4, 0.5) is 0 Å². The van der Waals surface area contributed by atoms with E-state index in [1.807, 2.05) is 0 Å². The molecule has 1 nitrogen and oxygen atoms in total. The van der Waals surface area contributed by atoms with Gasteiger partial charge in [0, 0.05) is 5.50 Å². The summed E-state index contributed by atoms with van der Waals surface area (Å²) in [7, 11) is 3.03. The number of nitrogens with zero attached hydrogens (tertiary/aromatic N) is 1. The lowest BCUT2D eigenvalue weighted by Gasteiger charge is -2.27. The normalized spacial score (nSPS) is 12.8. The van der Waals surface area contributed by atoms with E-state index >= 15 is 0 Å². The van der Waals surface area contributed by atoms with Gasteiger partial charge in [0.2, 0.25) is 0 Å². The fourth-order valence-electron chi connectivity index (χ4n) is 0.120. The molecule has 0 heterocycles. The first-order chi connectivity index (χ1) is 3.50. The molecule has 0 aromatic carbocycles. The van der Waals surface area contributed by atoms with Crippen LogP contribution in [0.2, 0.25) is 13.1 Å². The first-order valence-electron chi connectivity index (χ1n) is 2.74. The third kappa shape index (κ3) is 2.16. The van der Waals surface area contributed by atoms with E-state index in [0.717, 1.165) is 5.50 Å². The number of rotatable bonds is 2. The molecule has 0 saturated heterocycles. The van der Waals surface area contributed by atoms with Crippen molar-refractivity contribution in [3.8, 4) is 0 Å². The third-order valence-corrected chi connectivity index (χ3v) is 6.58. The van der Waals surface area contributed by atoms with Gasteiger partial charge in [-0.1, -0.05) is 13.1 Å². The maximum Gasteiger partial charge on any atom is 0.136 e. The molecule has 0 aliphatic heterocycles. The molecule has 0 atom stereocenters. The zero-order valence-corrected chi connectivity index (χ0v) is 7.79. The zero-order chi connectivity index (χ0) is 6.78. The molecule has 0 unspecified atom stereocenters. The molecule has 0 N–H and O–H groups in total. The van der Waals surface area contributed by atoms with Crippen LogP contribution in [0.5, 0.6) is 0 Å². The van der Waals surface area contributed by atoms with Gasteiger partial charge in [-0.05, 0) is 14.1 Å². The van der Waals surface area contributed by atoms with Gasteiger partial charge in [-0.15, -0.1) is 11.6 Å². The van der Waals surface area contributed by atoms with E-state index in [1.54, 1.807) is 0 Å². The molecular formula is C5H14ClNSi. The van der Waals surface area contributed by atoms with Crippen molar-refractivity contribution in [2.24, 2.45) is 0 Å². The fourth-order valence-corrected chi connectivity index (χ4v) is 1.08. The molecule has 3 heteroatoms. The number of hydrogen-bond acceptors (Lipinski definition) is 1. The van der Waals surface area contributed by atoms with E-state index in [0.29, 0.717) is 0 Å². The molecule has 0 aliphatic rings. The quantitative estimate of drug-likeness (QED) is 0.428. The van der Waals surface area contributed by atoms with E-state index in [2.05, 4.69) is 31.8 Å². The zero-order valence-electron chi connectivity index (χ0n) is 6.03. The van der Waals surface area contributed by atoms with Crippen LogP contribution in [0.25, 0.3) is 0 Å². The molecule has 0 amide bonds. The first kappa shape index (κ1) is 8.47. The van der Waals surface area contributed by atoms with E-state index in [1.165, 1.54) is 0 Å². The van der Waals surface area contributed by atoms with Gasteiger partial charge in [-0.3, -0.25) is 0 Å². The van der Waals surface area contributed by atoms with Crippen LogP contribution in [0, 0.1) is 0 Å². The van der Waals surface area contributed by atoms with Crippen molar-refractivity contribution in [2.45, 2.75) is 13.1 Å². The van der Waals surface area contributed by atoms with Crippen molar-refractivity contribution in [1.82, 2.24) is 4.57 Å². The predicted molar refractivity (Wildman–Crippen MR) is 41.9 cm³/mol. The van der Waals surface area contributed by atoms with Crippen LogP contribution in [-0.4, -0.2) is 32.4 Å². The lowest BCUT2D eigenvalue weighted by molar-refractivity contribution is 0.626. The third-order valence-electron chi connectivity index (χ3n) is 1.54. The largest absolute Gasteiger partial charge is 0.328 e. The highest BCUT2D eigenvalue weighted by Gasteiger charge is 2.21. The highest BCUT2D eigenvalue weighted by atomic mass is 35.5. The van der Waals surface area contributed by atoms with Crippen LogP contribution in [0.1, 0.15) is 0 Å². The Balaban J connectivity index is 3.71. The highest BCUT2D eigenvalue weighted by molar-refractivity contribution is 6.80. The maximum atomic E-state index is 5.71. The second kappa shape index (κ2) is 2.85. The Hall–Kier alpha value is 0.467. The van der Waals surface area contributed by atoms with Crippen LogP contribution in [0.3, 0.4) is 0 Å². The average molecular weight is 152 g/mol. The summed E-state index contributed by atoms with van der Waals surface area (Å²) in [5, 5.41) is 0. The Morgan fingerprint density at radius 3 is 1.75 bits per heavy atom. The molecule has 0 saturated carbocycles. The summed E-state index contributed by atoms with van der Waals surface area (Å²) in [6, 6.07) is 0. The monoisotopic (exact) mass is 151 g/mol. The van der Waals surface area contributed by atoms with Crippen LogP contribution >= 0.6 is 11.6 Å². The molecular weight excluding hydrogens is 138 g/mol. The minimum absolute atomic E-state index is 0.819. The maximum absolute atomic E-state index is 5.71. The van der Waals surface area contributed by atoms with Crippen molar-refractivity contribution in [2.75, 3.05) is 19.6 Å². The standard InChI is InChI=1S/C5H14ClNSi/c1-7(2)8(3,4)5-6/h5H2,1-4H3. The van der Waals surface area contributed by atoms with Gasteiger partial charge in [0.05, 0.1) is 0 Å². The summed E-state index contributed by atoms with van der Waals surface area (Å²) in [5.41, 5.74) is 0.819. The van der Waals surface area contributed by atoms with Gasteiger partial charge < -0.3 is 4.57 Å². The Bertz CT molecular complexity index is 72.8. The smallest absolute Gasteiger partial charge is 0.136 e. The summed E-state index contributed by atoms with van der Waals surface area (Å²) in [5.74, 6) is 0. The molecule has 0 bridgehead atoms. The molecule has 0 rings (SSSR count). The minimum Gasteiger partial charge on any atom is -0.328 e. The Kier molecular flexibility index (Phi) is 3.02. The Morgan fingerprint density at radius 1 is 1.38 bits per heavy atom. The SMILES string of the molecule is CN(C)[Si](C)(C)CCl. The van der Waals surface area contributed by atoms with Crippen molar-refractivity contribution in [3.05, 3.63) is 0 Å². The van der Waals surface area contributed by atoms with Crippen molar-refractivity contribution in [1.29, 1.82) is 0 Å². The summed E-state index contributed by atoms with van der Waals surface area (Å²) in [6.45, 7) is 4.50. The fraction of sp³-hybridized carbons (Fsp3) is 1.00. The Labute approximate surface area is 57.7 Å². The van der Waals surface area contributed by atoms with E-state index < -0.39 is 8.24 Å². The van der Waals surface area contributed by atoms with Crippen molar-refractivity contribution >= 4 is 19.8 Å². The van der Waals surface area contributed by atoms with E-state index in [-0.39, 0.29) is 0 Å². The van der Waals surface area contributed by atoms with Gasteiger partial charge in [0.1, 0.15) is 8.24 Å². The minimum atomic E-state index is -1.16. The second-order valence-corrected chi connectivity index (χ2v) is 8.43. The van der Waals surface area contributed by atoms with E-state index in [4.69, 9.17) is 11.6 Å². The predicted octanol–water partition coefficient (Wildman–Crippen LogP) is 1.53.